The SMILES string of the molecule is N[C@H]1C(C(=O)OCc2ccccc2)CCN1C(=O)O. The van der Waals surface area contributed by atoms with Crippen LogP contribution in [0.1, 0.15) is 12.0 Å². The van der Waals surface area contributed by atoms with Crippen LogP contribution in [0.15, 0.2) is 30.3 Å². The number of hydrogen-bond donors (Lipinski definition) is 2. The maximum atomic E-state index is 11.9. The van der Waals surface area contributed by atoms with Gasteiger partial charge >= 0.3 is 12.1 Å². The number of hydrogen-bond acceptors (Lipinski definition) is 4. The molecule has 1 aliphatic heterocycles. The highest BCUT2D eigenvalue weighted by Gasteiger charge is 2.39. The number of ether oxygens (including phenoxy) is 1. The third-order valence-electron chi connectivity index (χ3n) is 3.23. The lowest BCUT2D eigenvalue weighted by Crippen LogP contribution is -2.45. The maximum Gasteiger partial charge on any atom is 0.408 e. The number of amides is 1. The third-order valence-corrected chi connectivity index (χ3v) is 3.23. The van der Waals surface area contributed by atoms with Gasteiger partial charge < -0.3 is 15.6 Å². The Morgan fingerprint density at radius 2 is 2.05 bits per heavy atom. The number of esters is 1. The Bertz CT molecular complexity index is 463. The van der Waals surface area contributed by atoms with Crippen LogP contribution in [0.3, 0.4) is 0 Å². The molecule has 102 valence electrons. The van der Waals surface area contributed by atoms with Crippen molar-refractivity contribution in [3.05, 3.63) is 35.9 Å². The molecular weight excluding hydrogens is 248 g/mol. The van der Waals surface area contributed by atoms with E-state index in [1.807, 2.05) is 30.3 Å². The van der Waals surface area contributed by atoms with Crippen molar-refractivity contribution in [2.45, 2.75) is 19.2 Å². The van der Waals surface area contributed by atoms with Gasteiger partial charge in [0.1, 0.15) is 6.61 Å². The highest BCUT2D eigenvalue weighted by Crippen LogP contribution is 2.22. The van der Waals surface area contributed by atoms with E-state index in [4.69, 9.17) is 15.6 Å². The molecule has 0 radical (unpaired) electrons. The summed E-state index contributed by atoms with van der Waals surface area (Å²) in [6.45, 7) is 0.442. The number of carboxylic acid groups (broad SMARTS) is 1. The Balaban J connectivity index is 1.89. The van der Waals surface area contributed by atoms with Crippen LogP contribution in [-0.4, -0.2) is 34.8 Å². The van der Waals surface area contributed by atoms with Crippen LogP contribution >= 0.6 is 0 Å². The van der Waals surface area contributed by atoms with Crippen LogP contribution in [0.2, 0.25) is 0 Å². The summed E-state index contributed by atoms with van der Waals surface area (Å²) in [7, 11) is 0. The average Bonchev–Trinajstić information content (AvgIpc) is 2.79. The summed E-state index contributed by atoms with van der Waals surface area (Å²) in [6.07, 6.45) is -1.52. The van der Waals surface area contributed by atoms with Gasteiger partial charge in [0, 0.05) is 6.54 Å². The largest absolute Gasteiger partial charge is 0.465 e. The average molecular weight is 264 g/mol. The van der Waals surface area contributed by atoms with Gasteiger partial charge in [0.15, 0.2) is 0 Å². The van der Waals surface area contributed by atoms with Crippen molar-refractivity contribution in [3.63, 3.8) is 0 Å². The number of rotatable bonds is 3. The zero-order valence-corrected chi connectivity index (χ0v) is 10.4. The van der Waals surface area contributed by atoms with Gasteiger partial charge in [-0.05, 0) is 12.0 Å². The Kier molecular flexibility index (Phi) is 4.01. The number of benzene rings is 1. The van der Waals surface area contributed by atoms with E-state index in [1.54, 1.807) is 0 Å². The van der Waals surface area contributed by atoms with Crippen LogP contribution < -0.4 is 5.73 Å². The van der Waals surface area contributed by atoms with Gasteiger partial charge in [-0.25, -0.2) is 4.79 Å². The van der Waals surface area contributed by atoms with E-state index in [-0.39, 0.29) is 13.2 Å². The normalized spacial score (nSPS) is 22.3. The van der Waals surface area contributed by atoms with Gasteiger partial charge in [0.25, 0.3) is 0 Å². The summed E-state index contributed by atoms with van der Waals surface area (Å²) in [6, 6.07) is 9.30. The minimum atomic E-state index is -1.11. The van der Waals surface area contributed by atoms with Crippen LogP contribution in [0.5, 0.6) is 0 Å². The van der Waals surface area contributed by atoms with Crippen molar-refractivity contribution in [3.8, 4) is 0 Å². The molecule has 0 saturated carbocycles. The first kappa shape index (κ1) is 13.4. The van der Waals surface area contributed by atoms with Crippen molar-refractivity contribution in [2.24, 2.45) is 11.7 Å². The number of nitrogens with zero attached hydrogens (tertiary/aromatic N) is 1. The number of nitrogens with two attached hydrogens (primary N) is 1. The molecule has 0 spiro atoms. The Morgan fingerprint density at radius 1 is 1.37 bits per heavy atom. The number of carbonyl (C=O) groups excluding carboxylic acids is 1. The lowest BCUT2D eigenvalue weighted by Gasteiger charge is -2.20. The Hall–Kier alpha value is -2.08. The fourth-order valence-electron chi connectivity index (χ4n) is 2.13. The molecule has 2 atom stereocenters. The standard InChI is InChI=1S/C13H16N2O4/c14-11-10(6-7-15(11)13(17)18)12(16)19-8-9-4-2-1-3-5-9/h1-5,10-11H,6-8,14H2,(H,17,18)/t10?,11-/m1/s1. The highest BCUT2D eigenvalue weighted by molar-refractivity contribution is 5.76. The minimum absolute atomic E-state index is 0.177. The van der Waals surface area contributed by atoms with E-state index in [2.05, 4.69) is 0 Å². The molecule has 1 aliphatic rings. The molecule has 1 unspecified atom stereocenters. The monoisotopic (exact) mass is 264 g/mol. The first-order valence-corrected chi connectivity index (χ1v) is 6.05. The third kappa shape index (κ3) is 3.03. The van der Waals surface area contributed by atoms with E-state index < -0.39 is 24.1 Å². The van der Waals surface area contributed by atoms with Gasteiger partial charge in [-0.3, -0.25) is 9.69 Å². The van der Waals surface area contributed by atoms with E-state index >= 15 is 0 Å². The van der Waals surface area contributed by atoms with E-state index in [9.17, 15) is 9.59 Å². The summed E-state index contributed by atoms with van der Waals surface area (Å²) >= 11 is 0. The van der Waals surface area contributed by atoms with Gasteiger partial charge in [-0.2, -0.15) is 0 Å². The predicted molar refractivity (Wildman–Crippen MR) is 67.1 cm³/mol. The van der Waals surface area contributed by atoms with Crippen LogP contribution in [0.4, 0.5) is 4.79 Å². The highest BCUT2D eigenvalue weighted by atomic mass is 16.5. The summed E-state index contributed by atoms with van der Waals surface area (Å²) < 4.78 is 5.17. The van der Waals surface area contributed by atoms with Crippen molar-refractivity contribution < 1.29 is 19.4 Å². The zero-order valence-electron chi connectivity index (χ0n) is 10.4. The van der Waals surface area contributed by atoms with Crippen molar-refractivity contribution in [1.82, 2.24) is 4.90 Å². The second-order valence-corrected chi connectivity index (χ2v) is 4.46. The van der Waals surface area contributed by atoms with Gasteiger partial charge in [-0.15, -0.1) is 0 Å². The molecule has 1 amide bonds. The molecule has 3 N–H and O–H groups in total. The topological polar surface area (TPSA) is 92.9 Å². The minimum Gasteiger partial charge on any atom is -0.465 e. The summed E-state index contributed by atoms with van der Waals surface area (Å²) in [5.74, 6) is -1.03. The molecule has 1 aromatic rings. The first-order valence-electron chi connectivity index (χ1n) is 6.05. The Labute approximate surface area is 110 Å². The summed E-state index contributed by atoms with van der Waals surface area (Å²) in [5.41, 5.74) is 6.62. The summed E-state index contributed by atoms with van der Waals surface area (Å²) in [5, 5.41) is 8.88. The maximum absolute atomic E-state index is 11.9. The quantitative estimate of drug-likeness (QED) is 0.795. The second kappa shape index (κ2) is 5.71. The van der Waals surface area contributed by atoms with Gasteiger partial charge in [0.2, 0.25) is 0 Å². The molecule has 19 heavy (non-hydrogen) atoms. The zero-order chi connectivity index (χ0) is 13.8. The molecule has 0 aromatic heterocycles. The van der Waals surface area contributed by atoms with Gasteiger partial charge in [-0.1, -0.05) is 30.3 Å². The molecule has 6 heteroatoms. The fourth-order valence-corrected chi connectivity index (χ4v) is 2.13. The molecule has 0 aliphatic carbocycles. The van der Waals surface area contributed by atoms with E-state index in [1.165, 1.54) is 0 Å². The summed E-state index contributed by atoms with van der Waals surface area (Å²) in [4.78, 5) is 23.8. The Morgan fingerprint density at radius 3 is 2.63 bits per heavy atom. The lowest BCUT2D eigenvalue weighted by atomic mass is 10.1. The number of likely N-dealkylation sites (tertiary alicyclic amines) is 1. The molecule has 6 nitrogen and oxygen atoms in total. The second-order valence-electron chi connectivity index (χ2n) is 4.46. The molecule has 0 bridgehead atoms. The molecule has 1 heterocycles. The smallest absolute Gasteiger partial charge is 0.408 e. The predicted octanol–water partition coefficient (Wildman–Crippen LogP) is 1.01. The van der Waals surface area contributed by atoms with E-state index in [0.29, 0.717) is 6.42 Å². The molecule has 1 saturated heterocycles. The fraction of sp³-hybridized carbons (Fsp3) is 0.385. The molecule has 1 fully saturated rings. The number of carbonyl (C=O) groups is 2. The van der Waals surface area contributed by atoms with Crippen molar-refractivity contribution in [2.75, 3.05) is 6.54 Å². The molecular formula is C13H16N2O4. The van der Waals surface area contributed by atoms with Crippen molar-refractivity contribution >= 4 is 12.1 Å². The van der Waals surface area contributed by atoms with Crippen LogP contribution in [0.25, 0.3) is 0 Å². The van der Waals surface area contributed by atoms with Crippen LogP contribution in [0, 0.1) is 5.92 Å². The van der Waals surface area contributed by atoms with Crippen LogP contribution in [-0.2, 0) is 16.1 Å². The molecule has 2 rings (SSSR count). The van der Waals surface area contributed by atoms with E-state index in [0.717, 1.165) is 10.5 Å². The first-order chi connectivity index (χ1) is 9.09. The van der Waals surface area contributed by atoms with Gasteiger partial charge in [0.05, 0.1) is 12.1 Å². The van der Waals surface area contributed by atoms with Crippen molar-refractivity contribution in [1.29, 1.82) is 0 Å². The molecule has 1 aromatic carbocycles. The lowest BCUT2D eigenvalue weighted by molar-refractivity contribution is -0.150.